The predicted molar refractivity (Wildman–Crippen MR) is 74.7 cm³/mol. The molecule has 18 heavy (non-hydrogen) atoms. The minimum atomic E-state index is -0.636. The largest absolute Gasteiger partial charge is 0.480 e. The van der Waals surface area contributed by atoms with Crippen LogP contribution in [-0.2, 0) is 4.79 Å². The lowest BCUT2D eigenvalue weighted by atomic mass is 9.79. The fraction of sp³-hybridized carbons (Fsp3) is 0.933. The van der Waals surface area contributed by atoms with Crippen molar-refractivity contribution in [3.05, 3.63) is 0 Å². The first-order valence-corrected chi connectivity index (χ1v) is 7.37. The molecule has 0 saturated carbocycles. The molecule has 1 aliphatic rings. The van der Waals surface area contributed by atoms with Crippen LogP contribution in [0, 0.1) is 11.8 Å². The molecule has 3 nitrogen and oxygen atoms in total. The van der Waals surface area contributed by atoms with Crippen LogP contribution in [0.1, 0.15) is 59.8 Å². The Balaban J connectivity index is 2.97. The Labute approximate surface area is 112 Å². The van der Waals surface area contributed by atoms with Gasteiger partial charge in [-0.2, -0.15) is 0 Å². The second-order valence-electron chi connectivity index (χ2n) is 6.58. The molecule has 106 valence electrons. The standard InChI is InChI=1S/C15H29NO2/c1-12(2)10-15(14(17)18,11-13(3)4)16-8-6-5-7-9-16/h12-13H,5-11H2,1-4H3,(H,17,18). The minimum absolute atomic E-state index is 0.418. The summed E-state index contributed by atoms with van der Waals surface area (Å²) in [6.45, 7) is 10.4. The molecule has 3 heteroatoms. The molecule has 0 unspecified atom stereocenters. The fourth-order valence-electron chi connectivity index (χ4n) is 3.32. The van der Waals surface area contributed by atoms with Gasteiger partial charge in [0, 0.05) is 0 Å². The summed E-state index contributed by atoms with van der Waals surface area (Å²) in [5.74, 6) is 0.218. The summed E-state index contributed by atoms with van der Waals surface area (Å²) in [7, 11) is 0. The summed E-state index contributed by atoms with van der Waals surface area (Å²) in [5.41, 5.74) is -0.636. The van der Waals surface area contributed by atoms with Crippen molar-refractivity contribution in [2.75, 3.05) is 13.1 Å². The zero-order valence-corrected chi connectivity index (χ0v) is 12.4. The molecule has 1 saturated heterocycles. The summed E-state index contributed by atoms with van der Waals surface area (Å²) < 4.78 is 0. The monoisotopic (exact) mass is 255 g/mol. The third kappa shape index (κ3) is 3.71. The summed E-state index contributed by atoms with van der Waals surface area (Å²) in [6.07, 6.45) is 5.06. The summed E-state index contributed by atoms with van der Waals surface area (Å²) in [4.78, 5) is 14.2. The molecule has 1 N–H and O–H groups in total. The van der Waals surface area contributed by atoms with E-state index in [9.17, 15) is 9.90 Å². The number of aliphatic carboxylic acids is 1. The number of carboxylic acid groups (broad SMARTS) is 1. The molecule has 1 rings (SSSR count). The molecular weight excluding hydrogens is 226 g/mol. The third-order valence-corrected chi connectivity index (χ3v) is 3.85. The molecule has 1 fully saturated rings. The van der Waals surface area contributed by atoms with Crippen molar-refractivity contribution in [3.63, 3.8) is 0 Å². The van der Waals surface area contributed by atoms with E-state index in [1.807, 2.05) is 0 Å². The molecule has 0 amide bonds. The Morgan fingerprint density at radius 1 is 1.06 bits per heavy atom. The molecule has 0 atom stereocenters. The molecule has 0 spiro atoms. The van der Waals surface area contributed by atoms with E-state index in [4.69, 9.17) is 0 Å². The number of carboxylic acids is 1. The maximum atomic E-state index is 12.0. The first-order chi connectivity index (χ1) is 8.38. The van der Waals surface area contributed by atoms with Crippen LogP contribution in [0.2, 0.25) is 0 Å². The van der Waals surface area contributed by atoms with E-state index in [1.54, 1.807) is 0 Å². The van der Waals surface area contributed by atoms with Gasteiger partial charge in [-0.3, -0.25) is 9.69 Å². The number of hydrogen-bond donors (Lipinski definition) is 1. The summed E-state index contributed by atoms with van der Waals surface area (Å²) >= 11 is 0. The van der Waals surface area contributed by atoms with E-state index in [1.165, 1.54) is 6.42 Å². The SMILES string of the molecule is CC(C)CC(CC(C)C)(C(=O)O)N1CCCCC1. The first kappa shape index (κ1) is 15.5. The molecule has 0 aliphatic carbocycles. The van der Waals surface area contributed by atoms with Crippen molar-refractivity contribution in [1.29, 1.82) is 0 Å². The highest BCUT2D eigenvalue weighted by Crippen LogP contribution is 2.33. The number of carbonyl (C=O) groups is 1. The smallest absolute Gasteiger partial charge is 0.324 e. The van der Waals surface area contributed by atoms with E-state index in [0.717, 1.165) is 38.8 Å². The maximum absolute atomic E-state index is 12.0. The Hall–Kier alpha value is -0.570. The Morgan fingerprint density at radius 2 is 1.50 bits per heavy atom. The van der Waals surface area contributed by atoms with Gasteiger partial charge in [-0.1, -0.05) is 34.1 Å². The van der Waals surface area contributed by atoms with E-state index < -0.39 is 11.5 Å². The average Bonchev–Trinajstić information content (AvgIpc) is 2.27. The molecule has 0 aromatic heterocycles. The number of likely N-dealkylation sites (tertiary alicyclic amines) is 1. The normalized spacial score (nSPS) is 18.6. The quantitative estimate of drug-likeness (QED) is 0.791. The molecular formula is C15H29NO2. The first-order valence-electron chi connectivity index (χ1n) is 7.37. The van der Waals surface area contributed by atoms with Crippen LogP contribution in [0.15, 0.2) is 0 Å². The highest BCUT2D eigenvalue weighted by molar-refractivity contribution is 5.79. The van der Waals surface area contributed by atoms with Crippen LogP contribution in [0.3, 0.4) is 0 Å². The third-order valence-electron chi connectivity index (χ3n) is 3.85. The van der Waals surface area contributed by atoms with Crippen LogP contribution in [-0.4, -0.2) is 34.6 Å². The van der Waals surface area contributed by atoms with Gasteiger partial charge in [-0.05, 0) is 50.6 Å². The molecule has 1 heterocycles. The van der Waals surface area contributed by atoms with Crippen molar-refractivity contribution >= 4 is 5.97 Å². The lowest BCUT2D eigenvalue weighted by Crippen LogP contribution is -2.57. The number of hydrogen-bond acceptors (Lipinski definition) is 2. The molecule has 0 radical (unpaired) electrons. The van der Waals surface area contributed by atoms with Gasteiger partial charge in [0.05, 0.1) is 0 Å². The van der Waals surface area contributed by atoms with Crippen molar-refractivity contribution in [2.24, 2.45) is 11.8 Å². The van der Waals surface area contributed by atoms with E-state index >= 15 is 0 Å². The van der Waals surface area contributed by atoms with Gasteiger partial charge in [0.2, 0.25) is 0 Å². The predicted octanol–water partition coefficient (Wildman–Crippen LogP) is 3.39. The Morgan fingerprint density at radius 3 is 1.83 bits per heavy atom. The van der Waals surface area contributed by atoms with Gasteiger partial charge in [0.15, 0.2) is 0 Å². The Bertz CT molecular complexity index is 258. The van der Waals surface area contributed by atoms with Crippen LogP contribution < -0.4 is 0 Å². The van der Waals surface area contributed by atoms with Crippen LogP contribution in [0.4, 0.5) is 0 Å². The molecule has 0 aromatic carbocycles. The van der Waals surface area contributed by atoms with Crippen LogP contribution in [0.5, 0.6) is 0 Å². The molecule has 1 aliphatic heterocycles. The van der Waals surface area contributed by atoms with Crippen LogP contribution >= 0.6 is 0 Å². The number of piperidine rings is 1. The van der Waals surface area contributed by atoms with E-state index in [2.05, 4.69) is 32.6 Å². The van der Waals surface area contributed by atoms with Crippen molar-refractivity contribution < 1.29 is 9.90 Å². The van der Waals surface area contributed by atoms with Crippen molar-refractivity contribution in [1.82, 2.24) is 4.90 Å². The minimum Gasteiger partial charge on any atom is -0.480 e. The van der Waals surface area contributed by atoms with Gasteiger partial charge in [0.1, 0.15) is 5.54 Å². The van der Waals surface area contributed by atoms with Crippen LogP contribution in [0.25, 0.3) is 0 Å². The lowest BCUT2D eigenvalue weighted by Gasteiger charge is -2.44. The van der Waals surface area contributed by atoms with Crippen molar-refractivity contribution in [2.45, 2.75) is 65.3 Å². The maximum Gasteiger partial charge on any atom is 0.324 e. The van der Waals surface area contributed by atoms with Gasteiger partial charge < -0.3 is 5.11 Å². The zero-order valence-electron chi connectivity index (χ0n) is 12.4. The number of rotatable bonds is 6. The second-order valence-corrected chi connectivity index (χ2v) is 6.58. The van der Waals surface area contributed by atoms with Gasteiger partial charge >= 0.3 is 5.97 Å². The van der Waals surface area contributed by atoms with E-state index in [-0.39, 0.29) is 0 Å². The highest BCUT2D eigenvalue weighted by atomic mass is 16.4. The fourth-order valence-corrected chi connectivity index (χ4v) is 3.32. The number of nitrogens with zero attached hydrogens (tertiary/aromatic N) is 1. The molecule has 0 bridgehead atoms. The molecule has 0 aromatic rings. The lowest BCUT2D eigenvalue weighted by molar-refractivity contribution is -0.155. The second kappa shape index (κ2) is 6.55. The van der Waals surface area contributed by atoms with Gasteiger partial charge in [0.25, 0.3) is 0 Å². The van der Waals surface area contributed by atoms with Gasteiger partial charge in [-0.25, -0.2) is 0 Å². The van der Waals surface area contributed by atoms with Gasteiger partial charge in [-0.15, -0.1) is 0 Å². The van der Waals surface area contributed by atoms with Crippen molar-refractivity contribution in [3.8, 4) is 0 Å². The zero-order chi connectivity index (χ0) is 13.8. The summed E-state index contributed by atoms with van der Waals surface area (Å²) in [6, 6.07) is 0. The highest BCUT2D eigenvalue weighted by Gasteiger charge is 2.44. The van der Waals surface area contributed by atoms with E-state index in [0.29, 0.717) is 11.8 Å². The Kier molecular flexibility index (Phi) is 5.64. The summed E-state index contributed by atoms with van der Waals surface area (Å²) in [5, 5.41) is 9.83. The topological polar surface area (TPSA) is 40.5 Å². The average molecular weight is 255 g/mol.